The van der Waals surface area contributed by atoms with Gasteiger partial charge in [0.15, 0.2) is 0 Å². The fraction of sp³-hybridized carbons (Fsp3) is 0.917. The molecule has 5 atom stereocenters. The molecule has 0 aromatic heterocycles. The number of ether oxygens (including phenoxy) is 1. The maximum absolute atomic E-state index is 12.2. The molecule has 96 valence electrons. The highest BCUT2D eigenvalue weighted by Gasteiger charge is 2.54. The van der Waals surface area contributed by atoms with Crippen molar-refractivity contribution < 1.29 is 22.7 Å². The summed E-state index contributed by atoms with van der Waals surface area (Å²) in [7, 11) is 0. The predicted molar refractivity (Wildman–Crippen MR) is 53.2 cm³/mol. The molecule has 5 heteroatoms. The Morgan fingerprint density at radius 3 is 2.65 bits per heavy atom. The maximum Gasteiger partial charge on any atom is 0.411 e. The number of halogens is 3. The highest BCUT2D eigenvalue weighted by atomic mass is 19.4. The van der Waals surface area contributed by atoms with Crippen LogP contribution in [0.1, 0.15) is 25.7 Å². The van der Waals surface area contributed by atoms with Crippen molar-refractivity contribution in [2.45, 2.75) is 38.0 Å². The van der Waals surface area contributed by atoms with Gasteiger partial charge < -0.3 is 4.74 Å². The Balaban J connectivity index is 1.71. The van der Waals surface area contributed by atoms with Crippen LogP contribution in [-0.2, 0) is 9.53 Å². The summed E-state index contributed by atoms with van der Waals surface area (Å²) in [4.78, 5) is 11.9. The van der Waals surface area contributed by atoms with Gasteiger partial charge in [-0.2, -0.15) is 13.2 Å². The lowest BCUT2D eigenvalue weighted by Gasteiger charge is -2.52. The van der Waals surface area contributed by atoms with Crippen LogP contribution in [0.3, 0.4) is 0 Å². The average Bonchev–Trinajstić information content (AvgIpc) is 2.22. The molecular weight excluding hydrogens is 233 g/mol. The number of hydrogen-bond donors (Lipinski definition) is 0. The van der Waals surface area contributed by atoms with Crippen molar-refractivity contribution in [2.75, 3.05) is 6.61 Å². The van der Waals surface area contributed by atoms with Gasteiger partial charge in [-0.1, -0.05) is 0 Å². The van der Waals surface area contributed by atoms with E-state index in [-0.39, 0.29) is 23.5 Å². The van der Waals surface area contributed by atoms with Crippen molar-refractivity contribution >= 4 is 5.78 Å². The van der Waals surface area contributed by atoms with Crippen LogP contribution in [0.4, 0.5) is 13.2 Å². The Kier molecular flexibility index (Phi) is 2.51. The van der Waals surface area contributed by atoms with E-state index in [1.165, 1.54) is 0 Å². The Morgan fingerprint density at radius 2 is 1.94 bits per heavy atom. The molecule has 4 fully saturated rings. The van der Waals surface area contributed by atoms with Crippen LogP contribution in [0.5, 0.6) is 0 Å². The number of rotatable bonds is 2. The molecule has 0 heterocycles. The van der Waals surface area contributed by atoms with E-state index in [0.717, 1.165) is 25.7 Å². The van der Waals surface area contributed by atoms with Crippen molar-refractivity contribution in [2.24, 2.45) is 23.7 Å². The molecule has 17 heavy (non-hydrogen) atoms. The van der Waals surface area contributed by atoms with Gasteiger partial charge in [0.25, 0.3) is 0 Å². The summed E-state index contributed by atoms with van der Waals surface area (Å²) in [6.07, 6.45) is -1.38. The molecule has 0 unspecified atom stereocenters. The zero-order valence-electron chi connectivity index (χ0n) is 9.37. The summed E-state index contributed by atoms with van der Waals surface area (Å²) < 4.78 is 41.5. The molecule has 0 spiro atoms. The number of Topliss-reactive ketones (excluding diaryl/α,β-unsaturated/α-hetero) is 1. The van der Waals surface area contributed by atoms with Gasteiger partial charge >= 0.3 is 6.18 Å². The van der Waals surface area contributed by atoms with E-state index in [1.807, 2.05) is 0 Å². The smallest absolute Gasteiger partial charge is 0.368 e. The first-order chi connectivity index (χ1) is 7.94. The third-order valence-electron chi connectivity index (χ3n) is 4.50. The first-order valence-corrected chi connectivity index (χ1v) is 6.16. The molecule has 0 amide bonds. The van der Waals surface area contributed by atoms with Crippen LogP contribution in [0, 0.1) is 23.7 Å². The van der Waals surface area contributed by atoms with Crippen molar-refractivity contribution in [1.82, 2.24) is 0 Å². The van der Waals surface area contributed by atoms with Gasteiger partial charge in [-0.05, 0) is 37.5 Å². The molecule has 4 aliphatic carbocycles. The standard InChI is InChI=1S/C12H15F3O2/c13-12(14,15)5-17-11-8-2-6-1-7(4-8)10(16)9(11)3-6/h6-9,11H,1-5H2/t6-,7+,8-,9+,11+/m1/s1. The van der Waals surface area contributed by atoms with Crippen LogP contribution < -0.4 is 0 Å². The van der Waals surface area contributed by atoms with E-state index < -0.39 is 18.9 Å². The zero-order valence-corrected chi connectivity index (χ0v) is 9.37. The summed E-state index contributed by atoms with van der Waals surface area (Å²) in [5.74, 6) is 0.742. The summed E-state index contributed by atoms with van der Waals surface area (Å²) >= 11 is 0. The number of ketones is 1. The van der Waals surface area contributed by atoms with Gasteiger partial charge in [-0.15, -0.1) is 0 Å². The fourth-order valence-corrected chi connectivity index (χ4v) is 4.02. The number of alkyl halides is 3. The van der Waals surface area contributed by atoms with Crippen molar-refractivity contribution in [3.05, 3.63) is 0 Å². The second kappa shape index (κ2) is 3.70. The van der Waals surface area contributed by atoms with Crippen molar-refractivity contribution in [1.29, 1.82) is 0 Å². The van der Waals surface area contributed by atoms with E-state index in [0.29, 0.717) is 5.92 Å². The van der Waals surface area contributed by atoms with Gasteiger partial charge in [0, 0.05) is 11.8 Å². The lowest BCUT2D eigenvalue weighted by atomic mass is 9.54. The van der Waals surface area contributed by atoms with E-state index in [2.05, 4.69) is 0 Å². The third-order valence-corrected chi connectivity index (χ3v) is 4.50. The SMILES string of the molecule is O=C1[C@H]2C[C@@H]3C[C@H](C2)[C@H](OCC(F)(F)F)[C@H]1C3. The molecule has 4 rings (SSSR count). The van der Waals surface area contributed by atoms with Crippen LogP contribution in [-0.4, -0.2) is 24.7 Å². The minimum Gasteiger partial charge on any atom is -0.368 e. The molecule has 2 nitrogen and oxygen atoms in total. The third kappa shape index (κ3) is 1.98. The summed E-state index contributed by atoms with van der Waals surface area (Å²) in [6.45, 7) is -1.22. The van der Waals surface area contributed by atoms with Crippen LogP contribution in [0.2, 0.25) is 0 Å². The first-order valence-electron chi connectivity index (χ1n) is 6.16. The monoisotopic (exact) mass is 248 g/mol. The number of carbonyl (C=O) groups excluding carboxylic acids is 1. The Hall–Kier alpha value is -0.580. The molecule has 0 aromatic rings. The minimum absolute atomic E-state index is 0.114. The van der Waals surface area contributed by atoms with Gasteiger partial charge in [0.05, 0.1) is 6.10 Å². The molecule has 4 bridgehead atoms. The lowest BCUT2D eigenvalue weighted by Crippen LogP contribution is -2.55. The van der Waals surface area contributed by atoms with E-state index in [4.69, 9.17) is 4.74 Å². The fourth-order valence-electron chi connectivity index (χ4n) is 4.02. The van der Waals surface area contributed by atoms with Crippen LogP contribution >= 0.6 is 0 Å². The molecule has 4 aliphatic rings. The summed E-state index contributed by atoms with van der Waals surface area (Å²) in [5.41, 5.74) is 0. The Labute approximate surface area is 97.5 Å². The van der Waals surface area contributed by atoms with E-state index in [1.54, 1.807) is 0 Å². The van der Waals surface area contributed by atoms with Crippen LogP contribution in [0.25, 0.3) is 0 Å². The van der Waals surface area contributed by atoms with Gasteiger partial charge in [0.1, 0.15) is 12.4 Å². The molecule has 0 N–H and O–H groups in total. The lowest BCUT2D eigenvalue weighted by molar-refractivity contribution is -0.213. The molecule has 0 aliphatic heterocycles. The number of carbonyl (C=O) groups is 1. The molecule has 4 saturated carbocycles. The largest absolute Gasteiger partial charge is 0.411 e. The Morgan fingerprint density at radius 1 is 1.18 bits per heavy atom. The molecule has 0 aromatic carbocycles. The van der Waals surface area contributed by atoms with E-state index in [9.17, 15) is 18.0 Å². The minimum atomic E-state index is -4.29. The summed E-state index contributed by atoms with van der Waals surface area (Å²) in [5, 5.41) is 0. The zero-order chi connectivity index (χ0) is 12.2. The normalized spacial score (nSPS) is 44.4. The first kappa shape index (κ1) is 11.5. The van der Waals surface area contributed by atoms with Gasteiger partial charge in [-0.25, -0.2) is 0 Å². The Bertz CT molecular complexity index is 339. The summed E-state index contributed by atoms with van der Waals surface area (Å²) in [6, 6.07) is 0. The van der Waals surface area contributed by atoms with Crippen molar-refractivity contribution in [3.63, 3.8) is 0 Å². The van der Waals surface area contributed by atoms with Gasteiger partial charge in [-0.3, -0.25) is 4.79 Å². The van der Waals surface area contributed by atoms with Crippen molar-refractivity contribution in [3.8, 4) is 0 Å². The highest BCUT2D eigenvalue weighted by Crippen LogP contribution is 2.53. The second-order valence-electron chi connectivity index (χ2n) is 5.67. The van der Waals surface area contributed by atoms with E-state index >= 15 is 0 Å². The maximum atomic E-state index is 12.2. The average molecular weight is 248 g/mol. The highest BCUT2D eigenvalue weighted by molar-refractivity contribution is 5.86. The van der Waals surface area contributed by atoms with Crippen LogP contribution in [0.15, 0.2) is 0 Å². The quantitative estimate of drug-likeness (QED) is 0.750. The molecular formula is C12H15F3O2. The second-order valence-corrected chi connectivity index (χ2v) is 5.67. The molecule has 0 saturated heterocycles. The van der Waals surface area contributed by atoms with Gasteiger partial charge in [0.2, 0.25) is 0 Å². The number of hydrogen-bond acceptors (Lipinski definition) is 2. The predicted octanol–water partition coefficient (Wildman–Crippen LogP) is 2.57. The topological polar surface area (TPSA) is 26.3 Å². The molecule has 0 radical (unpaired) electrons.